The number of aryl methyl sites for hydroxylation is 1. The number of tetrazole rings is 1. The van der Waals surface area contributed by atoms with Gasteiger partial charge in [0, 0.05) is 31.0 Å². The number of nitrogens with zero attached hydrogens (tertiary/aromatic N) is 5. The zero-order valence-electron chi connectivity index (χ0n) is 15.9. The third kappa shape index (κ3) is 5.10. The first kappa shape index (κ1) is 19.9. The number of pyridine rings is 1. The van der Waals surface area contributed by atoms with E-state index in [0.29, 0.717) is 35.6 Å². The van der Waals surface area contributed by atoms with Gasteiger partial charge in [-0.2, -0.15) is 0 Å². The van der Waals surface area contributed by atoms with Crippen molar-refractivity contribution in [2.45, 2.75) is 39.5 Å². The SMILES string of the molecule is CCCCn1nnnc1NCc1cc(Cl)c(OCc2cccnc2)c(OC)c1. The van der Waals surface area contributed by atoms with Crippen LogP contribution in [0.4, 0.5) is 5.95 Å². The zero-order valence-corrected chi connectivity index (χ0v) is 16.7. The van der Waals surface area contributed by atoms with Crippen LogP contribution in [0.15, 0.2) is 36.7 Å². The molecule has 0 spiro atoms. The Hall–Kier alpha value is -2.87. The van der Waals surface area contributed by atoms with E-state index >= 15 is 0 Å². The first-order chi connectivity index (χ1) is 13.7. The van der Waals surface area contributed by atoms with Crippen LogP contribution < -0.4 is 14.8 Å². The minimum atomic E-state index is 0.355. The summed E-state index contributed by atoms with van der Waals surface area (Å²) in [6.45, 7) is 3.76. The Labute approximate surface area is 168 Å². The first-order valence-electron chi connectivity index (χ1n) is 9.09. The summed E-state index contributed by atoms with van der Waals surface area (Å²) in [4.78, 5) is 4.08. The minimum absolute atomic E-state index is 0.355. The summed E-state index contributed by atoms with van der Waals surface area (Å²) in [6, 6.07) is 7.53. The Morgan fingerprint density at radius 1 is 1.25 bits per heavy atom. The molecule has 28 heavy (non-hydrogen) atoms. The molecule has 8 nitrogen and oxygen atoms in total. The summed E-state index contributed by atoms with van der Waals surface area (Å²) in [7, 11) is 1.59. The second-order valence-corrected chi connectivity index (χ2v) is 6.60. The van der Waals surface area contributed by atoms with Gasteiger partial charge in [-0.15, -0.1) is 0 Å². The van der Waals surface area contributed by atoms with E-state index in [1.165, 1.54) is 0 Å². The van der Waals surface area contributed by atoms with Crippen molar-refractivity contribution >= 4 is 17.5 Å². The average Bonchev–Trinajstić information content (AvgIpc) is 3.17. The molecule has 0 atom stereocenters. The minimum Gasteiger partial charge on any atom is -0.493 e. The number of benzene rings is 1. The molecule has 1 aromatic carbocycles. The van der Waals surface area contributed by atoms with Crippen molar-refractivity contribution in [2.24, 2.45) is 0 Å². The van der Waals surface area contributed by atoms with Gasteiger partial charge in [0.05, 0.1) is 12.1 Å². The summed E-state index contributed by atoms with van der Waals surface area (Å²) in [5, 5.41) is 15.5. The van der Waals surface area contributed by atoms with E-state index in [1.807, 2.05) is 24.3 Å². The average molecular weight is 403 g/mol. The van der Waals surface area contributed by atoms with Gasteiger partial charge in [-0.05, 0) is 40.6 Å². The van der Waals surface area contributed by atoms with Crippen LogP contribution >= 0.6 is 11.6 Å². The van der Waals surface area contributed by atoms with Crippen LogP contribution in [0.5, 0.6) is 11.5 Å². The van der Waals surface area contributed by atoms with Crippen molar-refractivity contribution in [3.05, 3.63) is 52.8 Å². The second kappa shape index (κ2) is 9.89. The quantitative estimate of drug-likeness (QED) is 0.552. The first-order valence-corrected chi connectivity index (χ1v) is 9.47. The molecule has 0 aliphatic heterocycles. The molecule has 0 aliphatic rings. The highest BCUT2D eigenvalue weighted by Gasteiger charge is 2.13. The van der Waals surface area contributed by atoms with Gasteiger partial charge in [0.2, 0.25) is 5.95 Å². The summed E-state index contributed by atoms with van der Waals surface area (Å²) in [5.41, 5.74) is 1.88. The number of rotatable bonds is 10. The van der Waals surface area contributed by atoms with Gasteiger partial charge in [-0.3, -0.25) is 4.98 Å². The number of unbranched alkanes of at least 4 members (excludes halogenated alkanes) is 1. The molecule has 0 fully saturated rings. The van der Waals surface area contributed by atoms with Crippen molar-refractivity contribution in [1.82, 2.24) is 25.2 Å². The van der Waals surface area contributed by atoms with Gasteiger partial charge >= 0.3 is 0 Å². The lowest BCUT2D eigenvalue weighted by molar-refractivity contribution is 0.284. The molecule has 0 amide bonds. The Kier molecular flexibility index (Phi) is 7.02. The molecule has 1 N–H and O–H groups in total. The van der Waals surface area contributed by atoms with Gasteiger partial charge in [0.15, 0.2) is 11.5 Å². The lowest BCUT2D eigenvalue weighted by atomic mass is 10.2. The molecule has 2 aromatic heterocycles. The number of anilines is 1. The van der Waals surface area contributed by atoms with Gasteiger partial charge in [-0.25, -0.2) is 4.68 Å². The molecule has 3 rings (SSSR count). The number of nitrogens with one attached hydrogen (secondary N) is 1. The summed E-state index contributed by atoms with van der Waals surface area (Å²) >= 11 is 6.45. The molecule has 0 unspecified atom stereocenters. The predicted molar refractivity (Wildman–Crippen MR) is 107 cm³/mol. The fraction of sp³-hybridized carbons (Fsp3) is 0.368. The molecule has 0 saturated heterocycles. The van der Waals surface area contributed by atoms with E-state index in [4.69, 9.17) is 21.1 Å². The van der Waals surface area contributed by atoms with Crippen LogP contribution in [0.3, 0.4) is 0 Å². The Morgan fingerprint density at radius 3 is 2.89 bits per heavy atom. The standard InChI is InChI=1S/C19H23ClN6O2/c1-3-4-8-26-19(23-24-25-26)22-12-15-9-16(20)18(17(10-15)27-2)28-13-14-6-5-7-21-11-14/h5-7,9-11H,3-4,8,12-13H2,1-2H3,(H,22,23,25). The lowest BCUT2D eigenvalue weighted by Crippen LogP contribution is -2.09. The van der Waals surface area contributed by atoms with Gasteiger partial charge in [0.25, 0.3) is 0 Å². The number of halogens is 1. The monoisotopic (exact) mass is 402 g/mol. The number of aromatic nitrogens is 5. The topological polar surface area (TPSA) is 87.0 Å². The maximum atomic E-state index is 6.45. The fourth-order valence-electron chi connectivity index (χ4n) is 2.63. The van der Waals surface area contributed by atoms with Gasteiger partial charge in [-0.1, -0.05) is 36.1 Å². The van der Waals surface area contributed by atoms with Crippen LogP contribution in [0.2, 0.25) is 5.02 Å². The van der Waals surface area contributed by atoms with E-state index in [0.717, 1.165) is 30.5 Å². The molecule has 9 heteroatoms. The molecule has 3 aromatic rings. The summed E-state index contributed by atoms with van der Waals surface area (Å²) in [6.07, 6.45) is 5.56. The fourth-order valence-corrected chi connectivity index (χ4v) is 2.91. The van der Waals surface area contributed by atoms with Crippen molar-refractivity contribution in [3.63, 3.8) is 0 Å². The Balaban J connectivity index is 1.68. The lowest BCUT2D eigenvalue weighted by Gasteiger charge is -2.14. The van der Waals surface area contributed by atoms with Crippen molar-refractivity contribution < 1.29 is 9.47 Å². The summed E-state index contributed by atoms with van der Waals surface area (Å²) in [5.74, 6) is 1.70. The number of ether oxygens (including phenoxy) is 2. The highest BCUT2D eigenvalue weighted by Crippen LogP contribution is 2.37. The van der Waals surface area contributed by atoms with E-state index < -0.39 is 0 Å². The van der Waals surface area contributed by atoms with Crippen LogP contribution in [-0.2, 0) is 19.7 Å². The molecule has 148 valence electrons. The molecule has 0 aliphatic carbocycles. The maximum absolute atomic E-state index is 6.45. The maximum Gasteiger partial charge on any atom is 0.243 e. The highest BCUT2D eigenvalue weighted by atomic mass is 35.5. The molecular weight excluding hydrogens is 380 g/mol. The normalized spacial score (nSPS) is 10.7. The number of methoxy groups -OCH3 is 1. The van der Waals surface area contributed by atoms with E-state index in [9.17, 15) is 0 Å². The molecule has 0 bridgehead atoms. The molecular formula is C19H23ClN6O2. The second-order valence-electron chi connectivity index (χ2n) is 6.19. The zero-order chi connectivity index (χ0) is 19.8. The van der Waals surface area contributed by atoms with Crippen LogP contribution in [-0.4, -0.2) is 32.3 Å². The number of hydrogen-bond donors (Lipinski definition) is 1. The highest BCUT2D eigenvalue weighted by molar-refractivity contribution is 6.32. The number of hydrogen-bond acceptors (Lipinski definition) is 7. The van der Waals surface area contributed by atoms with Gasteiger partial charge < -0.3 is 14.8 Å². The van der Waals surface area contributed by atoms with Crippen LogP contribution in [0, 0.1) is 0 Å². The Morgan fingerprint density at radius 2 is 2.14 bits per heavy atom. The summed E-state index contributed by atoms with van der Waals surface area (Å²) < 4.78 is 13.1. The third-order valence-corrected chi connectivity index (χ3v) is 4.38. The van der Waals surface area contributed by atoms with E-state index in [-0.39, 0.29) is 0 Å². The van der Waals surface area contributed by atoms with Crippen LogP contribution in [0.1, 0.15) is 30.9 Å². The van der Waals surface area contributed by atoms with Crippen LogP contribution in [0.25, 0.3) is 0 Å². The Bertz CT molecular complexity index is 887. The van der Waals surface area contributed by atoms with Crippen molar-refractivity contribution in [2.75, 3.05) is 12.4 Å². The van der Waals surface area contributed by atoms with Crippen molar-refractivity contribution in [1.29, 1.82) is 0 Å². The largest absolute Gasteiger partial charge is 0.493 e. The third-order valence-electron chi connectivity index (χ3n) is 4.10. The van der Waals surface area contributed by atoms with E-state index in [2.05, 4.69) is 32.7 Å². The van der Waals surface area contributed by atoms with E-state index in [1.54, 1.807) is 24.2 Å². The molecule has 0 radical (unpaired) electrons. The van der Waals surface area contributed by atoms with Crippen molar-refractivity contribution in [3.8, 4) is 11.5 Å². The smallest absolute Gasteiger partial charge is 0.243 e. The molecule has 0 saturated carbocycles. The molecule has 2 heterocycles. The van der Waals surface area contributed by atoms with Gasteiger partial charge in [0.1, 0.15) is 6.61 Å². The predicted octanol–water partition coefficient (Wildman–Crippen LogP) is 3.72.